The summed E-state index contributed by atoms with van der Waals surface area (Å²) in [6.07, 6.45) is 4.30. The van der Waals surface area contributed by atoms with E-state index in [0.717, 1.165) is 36.9 Å². The third-order valence-corrected chi connectivity index (χ3v) is 4.02. The van der Waals surface area contributed by atoms with Gasteiger partial charge in [-0.25, -0.2) is 0 Å². The zero-order valence-electron chi connectivity index (χ0n) is 12.4. The van der Waals surface area contributed by atoms with Crippen molar-refractivity contribution >= 4 is 17.5 Å². The number of rotatable bonds is 4. The highest BCUT2D eigenvalue weighted by Crippen LogP contribution is 2.24. The number of nitrogens with one attached hydrogen (secondary N) is 2. The van der Waals surface area contributed by atoms with E-state index in [9.17, 15) is 9.59 Å². The molecule has 5 nitrogen and oxygen atoms in total. The van der Waals surface area contributed by atoms with Crippen molar-refractivity contribution in [1.82, 2.24) is 5.32 Å². The molecule has 1 aromatic carbocycles. The number of benzene rings is 1. The van der Waals surface area contributed by atoms with Crippen LogP contribution >= 0.6 is 0 Å². The van der Waals surface area contributed by atoms with Gasteiger partial charge in [-0.15, -0.1) is 0 Å². The fourth-order valence-corrected chi connectivity index (χ4v) is 2.70. The van der Waals surface area contributed by atoms with Crippen molar-refractivity contribution in [3.8, 4) is 0 Å². The van der Waals surface area contributed by atoms with Gasteiger partial charge in [-0.05, 0) is 30.5 Å². The molecule has 0 radical (unpaired) electrons. The molecule has 4 N–H and O–H groups in total. The summed E-state index contributed by atoms with van der Waals surface area (Å²) in [4.78, 5) is 23.5. The Labute approximate surface area is 125 Å². The van der Waals surface area contributed by atoms with Crippen LogP contribution in [0.15, 0.2) is 24.3 Å². The molecule has 2 unspecified atom stereocenters. The molecular formula is C16H23N3O2. The minimum atomic E-state index is -0.0932. The van der Waals surface area contributed by atoms with Gasteiger partial charge in [-0.3, -0.25) is 9.59 Å². The molecule has 1 aromatic rings. The Bertz CT molecular complexity index is 499. The van der Waals surface area contributed by atoms with E-state index in [1.165, 1.54) is 0 Å². The summed E-state index contributed by atoms with van der Waals surface area (Å²) in [6.45, 7) is 0. The number of anilines is 1. The van der Waals surface area contributed by atoms with E-state index in [4.69, 9.17) is 5.73 Å². The van der Waals surface area contributed by atoms with Gasteiger partial charge < -0.3 is 16.4 Å². The Hall–Kier alpha value is -1.88. The van der Waals surface area contributed by atoms with E-state index < -0.39 is 0 Å². The van der Waals surface area contributed by atoms with Gasteiger partial charge in [-0.1, -0.05) is 25.0 Å². The Morgan fingerprint density at radius 3 is 2.48 bits per heavy atom. The van der Waals surface area contributed by atoms with Crippen molar-refractivity contribution < 1.29 is 9.59 Å². The van der Waals surface area contributed by atoms with Crippen LogP contribution in [0.3, 0.4) is 0 Å². The van der Waals surface area contributed by atoms with E-state index in [0.29, 0.717) is 6.42 Å². The lowest BCUT2D eigenvalue weighted by atomic mass is 9.84. The summed E-state index contributed by atoms with van der Waals surface area (Å²) in [5, 5.41) is 5.50. The van der Waals surface area contributed by atoms with E-state index >= 15 is 0 Å². The summed E-state index contributed by atoms with van der Waals surface area (Å²) in [5.41, 5.74) is 7.69. The standard InChI is InChI=1S/C16H23N3O2/c1-18-15(20)10-11-6-8-12(9-7-11)19-16(21)13-4-2-3-5-14(13)17/h6-9,13-14H,2-5,10,17H2,1H3,(H,18,20)(H,19,21). The van der Waals surface area contributed by atoms with Crippen molar-refractivity contribution in [2.75, 3.05) is 12.4 Å². The van der Waals surface area contributed by atoms with Crippen molar-refractivity contribution in [3.63, 3.8) is 0 Å². The van der Waals surface area contributed by atoms with Gasteiger partial charge in [0.1, 0.15) is 0 Å². The first-order valence-electron chi connectivity index (χ1n) is 7.46. The third-order valence-electron chi connectivity index (χ3n) is 4.02. The van der Waals surface area contributed by atoms with Crippen LogP contribution in [-0.2, 0) is 16.0 Å². The molecule has 0 aliphatic heterocycles. The molecule has 1 saturated carbocycles. The SMILES string of the molecule is CNC(=O)Cc1ccc(NC(=O)C2CCCCC2N)cc1. The fourth-order valence-electron chi connectivity index (χ4n) is 2.70. The van der Waals surface area contributed by atoms with E-state index in [-0.39, 0.29) is 23.8 Å². The molecule has 2 rings (SSSR count). The van der Waals surface area contributed by atoms with Gasteiger partial charge in [0.05, 0.1) is 12.3 Å². The molecular weight excluding hydrogens is 266 g/mol. The summed E-state index contributed by atoms with van der Waals surface area (Å²) >= 11 is 0. The molecule has 0 spiro atoms. The zero-order valence-corrected chi connectivity index (χ0v) is 12.4. The molecule has 114 valence electrons. The Kier molecular flexibility index (Phi) is 5.33. The predicted octanol–water partition coefficient (Wildman–Crippen LogP) is 1.43. The first-order chi connectivity index (χ1) is 10.1. The maximum atomic E-state index is 12.2. The molecule has 0 aromatic heterocycles. The first-order valence-corrected chi connectivity index (χ1v) is 7.46. The molecule has 1 aliphatic rings. The van der Waals surface area contributed by atoms with Crippen LogP contribution in [-0.4, -0.2) is 24.9 Å². The highest BCUT2D eigenvalue weighted by Gasteiger charge is 2.28. The molecule has 21 heavy (non-hydrogen) atoms. The van der Waals surface area contributed by atoms with Crippen LogP contribution in [0.4, 0.5) is 5.69 Å². The molecule has 0 heterocycles. The quantitative estimate of drug-likeness (QED) is 0.784. The van der Waals surface area contributed by atoms with E-state index in [2.05, 4.69) is 10.6 Å². The van der Waals surface area contributed by atoms with E-state index in [1.54, 1.807) is 7.05 Å². The zero-order chi connectivity index (χ0) is 15.2. The monoisotopic (exact) mass is 289 g/mol. The topological polar surface area (TPSA) is 84.2 Å². The summed E-state index contributed by atoms with van der Waals surface area (Å²) in [7, 11) is 1.62. The van der Waals surface area contributed by atoms with Gasteiger partial charge in [-0.2, -0.15) is 0 Å². The molecule has 2 atom stereocenters. The Morgan fingerprint density at radius 2 is 1.86 bits per heavy atom. The second-order valence-electron chi connectivity index (χ2n) is 5.59. The lowest BCUT2D eigenvalue weighted by Gasteiger charge is -2.27. The normalized spacial score (nSPS) is 21.6. The van der Waals surface area contributed by atoms with Gasteiger partial charge in [0, 0.05) is 18.8 Å². The maximum Gasteiger partial charge on any atom is 0.229 e. The maximum absolute atomic E-state index is 12.2. The highest BCUT2D eigenvalue weighted by molar-refractivity contribution is 5.93. The Balaban J connectivity index is 1.93. The minimum absolute atomic E-state index is 0.00116. The van der Waals surface area contributed by atoms with Crippen molar-refractivity contribution in [1.29, 1.82) is 0 Å². The average molecular weight is 289 g/mol. The van der Waals surface area contributed by atoms with Crippen molar-refractivity contribution in [3.05, 3.63) is 29.8 Å². The second kappa shape index (κ2) is 7.22. The molecule has 1 fully saturated rings. The molecule has 0 saturated heterocycles. The van der Waals surface area contributed by atoms with Crippen LogP contribution in [0.2, 0.25) is 0 Å². The molecule has 1 aliphatic carbocycles. The van der Waals surface area contributed by atoms with Crippen LogP contribution in [0.1, 0.15) is 31.2 Å². The number of carbonyl (C=O) groups excluding carboxylic acids is 2. The predicted molar refractivity (Wildman–Crippen MR) is 82.8 cm³/mol. The number of amides is 2. The molecule has 5 heteroatoms. The number of likely N-dealkylation sites (N-methyl/N-ethyl adjacent to an activating group) is 1. The van der Waals surface area contributed by atoms with Crippen LogP contribution in [0, 0.1) is 5.92 Å². The van der Waals surface area contributed by atoms with Gasteiger partial charge >= 0.3 is 0 Å². The van der Waals surface area contributed by atoms with Gasteiger partial charge in [0.25, 0.3) is 0 Å². The average Bonchev–Trinajstić information content (AvgIpc) is 2.49. The summed E-state index contributed by atoms with van der Waals surface area (Å²) in [5.74, 6) is -0.120. The fraction of sp³-hybridized carbons (Fsp3) is 0.500. The Morgan fingerprint density at radius 1 is 1.19 bits per heavy atom. The number of hydrogen-bond donors (Lipinski definition) is 3. The van der Waals surface area contributed by atoms with Crippen molar-refractivity contribution in [2.24, 2.45) is 11.7 Å². The van der Waals surface area contributed by atoms with Crippen LogP contribution < -0.4 is 16.4 Å². The van der Waals surface area contributed by atoms with Crippen LogP contribution in [0.5, 0.6) is 0 Å². The lowest BCUT2D eigenvalue weighted by Crippen LogP contribution is -2.40. The number of carbonyl (C=O) groups is 2. The van der Waals surface area contributed by atoms with Gasteiger partial charge in [0.2, 0.25) is 11.8 Å². The lowest BCUT2D eigenvalue weighted by molar-refractivity contribution is -0.121. The molecule has 0 bridgehead atoms. The van der Waals surface area contributed by atoms with E-state index in [1.807, 2.05) is 24.3 Å². The number of nitrogens with two attached hydrogens (primary N) is 1. The largest absolute Gasteiger partial charge is 0.359 e. The van der Waals surface area contributed by atoms with Crippen molar-refractivity contribution in [2.45, 2.75) is 38.1 Å². The first kappa shape index (κ1) is 15.5. The number of hydrogen-bond acceptors (Lipinski definition) is 3. The van der Waals surface area contributed by atoms with Crippen LogP contribution in [0.25, 0.3) is 0 Å². The minimum Gasteiger partial charge on any atom is -0.359 e. The van der Waals surface area contributed by atoms with Gasteiger partial charge in [0.15, 0.2) is 0 Å². The smallest absolute Gasteiger partial charge is 0.229 e. The summed E-state index contributed by atoms with van der Waals surface area (Å²) in [6, 6.07) is 7.32. The second-order valence-corrected chi connectivity index (χ2v) is 5.59. The third kappa shape index (κ3) is 4.29. The molecule has 2 amide bonds. The highest BCUT2D eigenvalue weighted by atomic mass is 16.2. The summed E-state index contributed by atoms with van der Waals surface area (Å²) < 4.78 is 0.